The third-order valence-corrected chi connectivity index (χ3v) is 6.14. The summed E-state index contributed by atoms with van der Waals surface area (Å²) >= 11 is 6.60. The van der Waals surface area contributed by atoms with Crippen LogP contribution in [0, 0.1) is 5.92 Å². The molecule has 0 saturated heterocycles. The molecule has 1 N–H and O–H groups in total. The SMILES string of the molecule is COc1ccc(Cl)c2c1N[C@H](c1cccc3ccccc13)[C@H]1CC=C[C@@H]21. The lowest BCUT2D eigenvalue weighted by Gasteiger charge is -2.39. The zero-order chi connectivity index (χ0) is 17.7. The van der Waals surface area contributed by atoms with Crippen LogP contribution >= 0.6 is 11.6 Å². The van der Waals surface area contributed by atoms with Gasteiger partial charge < -0.3 is 10.1 Å². The van der Waals surface area contributed by atoms with Crippen molar-refractivity contribution >= 4 is 28.1 Å². The van der Waals surface area contributed by atoms with Gasteiger partial charge in [-0.3, -0.25) is 0 Å². The lowest BCUT2D eigenvalue weighted by atomic mass is 9.76. The molecule has 2 aliphatic rings. The van der Waals surface area contributed by atoms with Gasteiger partial charge in [0.2, 0.25) is 0 Å². The van der Waals surface area contributed by atoms with Crippen molar-refractivity contribution in [2.45, 2.75) is 18.4 Å². The van der Waals surface area contributed by atoms with Gasteiger partial charge in [0, 0.05) is 16.5 Å². The number of allylic oxidation sites excluding steroid dienone is 2. The zero-order valence-corrected chi connectivity index (χ0v) is 15.3. The summed E-state index contributed by atoms with van der Waals surface area (Å²) in [4.78, 5) is 0. The third kappa shape index (κ3) is 2.25. The highest BCUT2D eigenvalue weighted by Gasteiger charge is 2.40. The van der Waals surface area contributed by atoms with E-state index in [2.05, 4.69) is 59.9 Å². The van der Waals surface area contributed by atoms with E-state index in [0.29, 0.717) is 11.8 Å². The molecular formula is C23H20ClNO. The monoisotopic (exact) mass is 361 g/mol. The van der Waals surface area contributed by atoms with Crippen LogP contribution < -0.4 is 10.1 Å². The predicted molar refractivity (Wildman–Crippen MR) is 108 cm³/mol. The Morgan fingerprint density at radius 2 is 1.88 bits per heavy atom. The Bertz CT molecular complexity index is 1020. The first-order valence-electron chi connectivity index (χ1n) is 9.05. The van der Waals surface area contributed by atoms with Crippen LogP contribution in [0.15, 0.2) is 66.7 Å². The molecule has 5 rings (SSSR count). The number of rotatable bonds is 2. The number of hydrogen-bond donors (Lipinski definition) is 1. The number of anilines is 1. The highest BCUT2D eigenvalue weighted by molar-refractivity contribution is 6.32. The van der Waals surface area contributed by atoms with Crippen LogP contribution in [-0.4, -0.2) is 7.11 Å². The van der Waals surface area contributed by atoms with Crippen molar-refractivity contribution < 1.29 is 4.74 Å². The van der Waals surface area contributed by atoms with Crippen LogP contribution in [0.3, 0.4) is 0 Å². The molecule has 130 valence electrons. The number of hydrogen-bond acceptors (Lipinski definition) is 2. The molecule has 0 bridgehead atoms. The fourth-order valence-electron chi connectivity index (χ4n) is 4.64. The first-order chi connectivity index (χ1) is 12.8. The molecule has 1 heterocycles. The summed E-state index contributed by atoms with van der Waals surface area (Å²) in [6.45, 7) is 0. The molecule has 1 aliphatic heterocycles. The number of methoxy groups -OCH3 is 1. The Hall–Kier alpha value is -2.45. The van der Waals surface area contributed by atoms with Crippen molar-refractivity contribution in [1.82, 2.24) is 0 Å². The summed E-state index contributed by atoms with van der Waals surface area (Å²) in [5.41, 5.74) is 3.54. The summed E-state index contributed by atoms with van der Waals surface area (Å²) in [5.74, 6) is 1.63. The first-order valence-corrected chi connectivity index (χ1v) is 9.43. The minimum absolute atomic E-state index is 0.223. The molecule has 3 atom stereocenters. The fourth-order valence-corrected chi connectivity index (χ4v) is 4.92. The molecule has 3 aromatic rings. The van der Waals surface area contributed by atoms with Gasteiger partial charge >= 0.3 is 0 Å². The van der Waals surface area contributed by atoms with Gasteiger partial charge in [-0.05, 0) is 40.8 Å². The van der Waals surface area contributed by atoms with E-state index in [4.69, 9.17) is 16.3 Å². The molecule has 3 heteroatoms. The summed E-state index contributed by atoms with van der Waals surface area (Å²) in [7, 11) is 1.72. The zero-order valence-electron chi connectivity index (χ0n) is 14.6. The Morgan fingerprint density at radius 1 is 1.04 bits per heavy atom. The van der Waals surface area contributed by atoms with E-state index in [0.717, 1.165) is 22.9 Å². The topological polar surface area (TPSA) is 21.3 Å². The second-order valence-corrected chi connectivity index (χ2v) is 7.49. The summed E-state index contributed by atoms with van der Waals surface area (Å²) in [5, 5.41) is 7.18. The largest absolute Gasteiger partial charge is 0.495 e. The normalized spacial score (nSPS) is 23.4. The first kappa shape index (κ1) is 15.8. The lowest BCUT2D eigenvalue weighted by Crippen LogP contribution is -2.29. The number of halogens is 1. The van der Waals surface area contributed by atoms with Crippen molar-refractivity contribution in [1.29, 1.82) is 0 Å². The minimum Gasteiger partial charge on any atom is -0.495 e. The van der Waals surface area contributed by atoms with E-state index < -0.39 is 0 Å². The molecule has 26 heavy (non-hydrogen) atoms. The van der Waals surface area contributed by atoms with Crippen molar-refractivity contribution in [2.24, 2.45) is 5.92 Å². The molecular weight excluding hydrogens is 342 g/mol. The van der Waals surface area contributed by atoms with Crippen molar-refractivity contribution in [3.05, 3.63) is 82.9 Å². The molecule has 3 aromatic carbocycles. The van der Waals surface area contributed by atoms with Gasteiger partial charge in [0.1, 0.15) is 5.75 Å². The quantitative estimate of drug-likeness (QED) is 0.538. The highest BCUT2D eigenvalue weighted by atomic mass is 35.5. The average molecular weight is 362 g/mol. The molecule has 0 spiro atoms. The van der Waals surface area contributed by atoms with Crippen LogP contribution in [0.4, 0.5) is 5.69 Å². The number of fused-ring (bicyclic) bond motifs is 4. The number of benzene rings is 3. The lowest BCUT2D eigenvalue weighted by molar-refractivity contribution is 0.398. The molecule has 0 fully saturated rings. The highest BCUT2D eigenvalue weighted by Crippen LogP contribution is 2.54. The van der Waals surface area contributed by atoms with E-state index in [1.54, 1.807) is 7.11 Å². The Kier molecular flexibility index (Phi) is 3.68. The Labute approximate surface area is 158 Å². The van der Waals surface area contributed by atoms with Crippen LogP contribution in [0.5, 0.6) is 5.75 Å². The van der Waals surface area contributed by atoms with Crippen molar-refractivity contribution in [2.75, 3.05) is 12.4 Å². The predicted octanol–water partition coefficient (Wildman–Crippen LogP) is 6.33. The Morgan fingerprint density at radius 3 is 2.77 bits per heavy atom. The van der Waals surface area contributed by atoms with Gasteiger partial charge in [-0.25, -0.2) is 0 Å². The molecule has 0 aromatic heterocycles. The van der Waals surface area contributed by atoms with Gasteiger partial charge in [-0.15, -0.1) is 0 Å². The average Bonchev–Trinajstić information content (AvgIpc) is 3.17. The van der Waals surface area contributed by atoms with E-state index in [1.165, 1.54) is 21.9 Å². The van der Waals surface area contributed by atoms with Crippen LogP contribution in [-0.2, 0) is 0 Å². The van der Waals surface area contributed by atoms with E-state index in [1.807, 2.05) is 12.1 Å². The van der Waals surface area contributed by atoms with Crippen LogP contribution in [0.25, 0.3) is 10.8 Å². The van der Waals surface area contributed by atoms with E-state index in [-0.39, 0.29) is 6.04 Å². The number of ether oxygens (including phenoxy) is 1. The van der Waals surface area contributed by atoms with E-state index in [9.17, 15) is 0 Å². The van der Waals surface area contributed by atoms with Crippen LogP contribution in [0.1, 0.15) is 29.5 Å². The second-order valence-electron chi connectivity index (χ2n) is 7.08. The molecule has 0 saturated carbocycles. The molecule has 0 amide bonds. The molecule has 0 unspecified atom stereocenters. The van der Waals surface area contributed by atoms with Gasteiger partial charge in [0.05, 0.1) is 18.8 Å². The third-order valence-electron chi connectivity index (χ3n) is 5.81. The maximum absolute atomic E-state index is 6.60. The van der Waals surface area contributed by atoms with Crippen molar-refractivity contribution in [3.63, 3.8) is 0 Å². The maximum Gasteiger partial charge on any atom is 0.142 e. The minimum atomic E-state index is 0.223. The molecule has 2 nitrogen and oxygen atoms in total. The van der Waals surface area contributed by atoms with Gasteiger partial charge in [0.15, 0.2) is 0 Å². The summed E-state index contributed by atoms with van der Waals surface area (Å²) in [6.07, 6.45) is 5.66. The van der Waals surface area contributed by atoms with Gasteiger partial charge in [-0.2, -0.15) is 0 Å². The van der Waals surface area contributed by atoms with Crippen molar-refractivity contribution in [3.8, 4) is 5.75 Å². The fraction of sp³-hybridized carbons (Fsp3) is 0.217. The maximum atomic E-state index is 6.60. The smallest absolute Gasteiger partial charge is 0.142 e. The standard InChI is InChI=1S/C23H20ClNO/c1-26-20-13-12-19(24)21-16-9-5-11-18(16)22(25-23(20)21)17-10-4-7-14-6-2-3-8-15(14)17/h2-10,12-13,16,18,22,25H,11H2,1H3/t16-,18+,22-/m1/s1. The Balaban J connectivity index is 1.71. The molecule has 0 radical (unpaired) electrons. The second kappa shape index (κ2) is 6.07. The van der Waals surface area contributed by atoms with Gasteiger partial charge in [-0.1, -0.05) is 66.2 Å². The van der Waals surface area contributed by atoms with E-state index >= 15 is 0 Å². The van der Waals surface area contributed by atoms with Gasteiger partial charge in [0.25, 0.3) is 0 Å². The number of nitrogens with one attached hydrogen (secondary N) is 1. The summed E-state index contributed by atoms with van der Waals surface area (Å²) in [6, 6.07) is 19.3. The molecule has 1 aliphatic carbocycles. The van der Waals surface area contributed by atoms with Crippen LogP contribution in [0.2, 0.25) is 5.02 Å². The summed E-state index contributed by atoms with van der Waals surface area (Å²) < 4.78 is 5.64.